The number of nitrogens with zero attached hydrogens (tertiary/aromatic N) is 3. The van der Waals surface area contributed by atoms with Gasteiger partial charge in [-0.3, -0.25) is 0 Å². The zero-order valence-electron chi connectivity index (χ0n) is 16.9. The summed E-state index contributed by atoms with van der Waals surface area (Å²) in [5.74, 6) is -2.20. The van der Waals surface area contributed by atoms with Crippen LogP contribution in [0, 0.1) is 29.9 Å². The number of benzene rings is 2. The molecule has 2 aromatic carbocycles. The van der Waals surface area contributed by atoms with Gasteiger partial charge in [0.15, 0.2) is 23.1 Å². The lowest BCUT2D eigenvalue weighted by molar-refractivity contribution is 0.348. The Morgan fingerprint density at radius 2 is 1.67 bits per heavy atom. The number of aromatic nitrogens is 1. The van der Waals surface area contributed by atoms with E-state index < -0.39 is 23.4 Å². The average molecular weight is 411 g/mol. The van der Waals surface area contributed by atoms with Crippen LogP contribution in [-0.4, -0.2) is 26.2 Å². The van der Waals surface area contributed by atoms with Crippen molar-refractivity contribution in [3.63, 3.8) is 0 Å². The van der Waals surface area contributed by atoms with Gasteiger partial charge in [-0.1, -0.05) is 6.07 Å². The molecule has 1 heterocycles. The quantitative estimate of drug-likeness (QED) is 0.555. The fourth-order valence-corrected chi connectivity index (χ4v) is 2.61. The molecule has 1 aromatic heterocycles. The van der Waals surface area contributed by atoms with Crippen LogP contribution in [-0.2, 0) is 0 Å². The summed E-state index contributed by atoms with van der Waals surface area (Å²) in [5.41, 5.74) is 0.803. The minimum Gasteiger partial charge on any atom is -0.493 e. The maximum Gasteiger partial charge on any atom is 0.259 e. The standard InChI is InChI=1S/C22H19F2N3O3/c1-13-19(23)21(29-16-7-5-6-15(11-16)27(2)3)26-22(20(13)24)30-18-10-14(12-25)8-9-17(18)28-4/h5-11H,1-4H3. The van der Waals surface area contributed by atoms with E-state index in [1.54, 1.807) is 18.2 Å². The molecule has 3 rings (SSSR count). The van der Waals surface area contributed by atoms with Gasteiger partial charge in [-0.15, -0.1) is 0 Å². The van der Waals surface area contributed by atoms with Crippen molar-refractivity contribution in [2.75, 3.05) is 26.1 Å². The first kappa shape index (κ1) is 20.9. The van der Waals surface area contributed by atoms with Crippen LogP contribution >= 0.6 is 0 Å². The molecular formula is C22H19F2N3O3. The number of hydrogen-bond donors (Lipinski definition) is 0. The van der Waals surface area contributed by atoms with E-state index in [1.807, 2.05) is 31.1 Å². The van der Waals surface area contributed by atoms with Crippen LogP contribution in [0.4, 0.5) is 14.5 Å². The van der Waals surface area contributed by atoms with Crippen molar-refractivity contribution in [3.05, 3.63) is 65.2 Å². The minimum atomic E-state index is -0.980. The van der Waals surface area contributed by atoms with Crippen LogP contribution in [0.1, 0.15) is 11.1 Å². The van der Waals surface area contributed by atoms with E-state index in [1.165, 1.54) is 32.2 Å². The van der Waals surface area contributed by atoms with Gasteiger partial charge >= 0.3 is 0 Å². The molecule has 0 aliphatic rings. The molecule has 6 nitrogen and oxygen atoms in total. The number of anilines is 1. The predicted octanol–water partition coefficient (Wildman–Crippen LogP) is 5.20. The van der Waals surface area contributed by atoms with E-state index >= 15 is 0 Å². The topological polar surface area (TPSA) is 67.6 Å². The molecule has 0 aliphatic carbocycles. The van der Waals surface area contributed by atoms with Crippen molar-refractivity contribution in [2.24, 2.45) is 0 Å². The molecule has 0 spiro atoms. The molecule has 0 fully saturated rings. The Morgan fingerprint density at radius 1 is 0.967 bits per heavy atom. The summed E-state index contributed by atoms with van der Waals surface area (Å²) in [6.45, 7) is 1.26. The molecule has 154 valence electrons. The second-order valence-corrected chi connectivity index (χ2v) is 6.55. The highest BCUT2D eigenvalue weighted by atomic mass is 19.1. The summed E-state index contributed by atoms with van der Waals surface area (Å²) in [5, 5.41) is 9.09. The molecule has 0 N–H and O–H groups in total. The molecular weight excluding hydrogens is 392 g/mol. The maximum absolute atomic E-state index is 14.7. The number of pyridine rings is 1. The lowest BCUT2D eigenvalue weighted by Crippen LogP contribution is -2.08. The van der Waals surface area contributed by atoms with Crippen molar-refractivity contribution < 1.29 is 23.0 Å². The number of methoxy groups -OCH3 is 1. The summed E-state index contributed by atoms with van der Waals surface area (Å²) in [4.78, 5) is 5.74. The van der Waals surface area contributed by atoms with Gasteiger partial charge in [0.1, 0.15) is 5.75 Å². The van der Waals surface area contributed by atoms with E-state index in [2.05, 4.69) is 4.98 Å². The molecule has 0 aliphatic heterocycles. The SMILES string of the molecule is COc1ccc(C#N)cc1Oc1nc(Oc2cccc(N(C)C)c2)c(F)c(C)c1F. The van der Waals surface area contributed by atoms with E-state index in [9.17, 15) is 8.78 Å². The Hall–Kier alpha value is -3.86. The smallest absolute Gasteiger partial charge is 0.259 e. The molecule has 0 saturated heterocycles. The second kappa shape index (κ2) is 8.66. The highest BCUT2D eigenvalue weighted by molar-refractivity contribution is 5.51. The highest BCUT2D eigenvalue weighted by Crippen LogP contribution is 2.36. The molecule has 0 atom stereocenters. The number of rotatable bonds is 6. The van der Waals surface area contributed by atoms with E-state index in [-0.39, 0.29) is 22.6 Å². The number of nitriles is 1. The monoisotopic (exact) mass is 411 g/mol. The van der Waals surface area contributed by atoms with Crippen molar-refractivity contribution >= 4 is 5.69 Å². The van der Waals surface area contributed by atoms with Crippen molar-refractivity contribution in [2.45, 2.75) is 6.92 Å². The van der Waals surface area contributed by atoms with Gasteiger partial charge in [0.25, 0.3) is 11.8 Å². The Balaban J connectivity index is 2.01. The normalized spacial score (nSPS) is 10.3. The van der Waals surface area contributed by atoms with Crippen LogP contribution in [0.25, 0.3) is 0 Å². The van der Waals surface area contributed by atoms with E-state index in [0.29, 0.717) is 5.75 Å². The van der Waals surface area contributed by atoms with Crippen LogP contribution in [0.15, 0.2) is 42.5 Å². The Labute approximate surface area is 172 Å². The van der Waals surface area contributed by atoms with Crippen molar-refractivity contribution in [1.82, 2.24) is 4.98 Å². The van der Waals surface area contributed by atoms with Gasteiger partial charge in [0.05, 0.1) is 18.7 Å². The van der Waals surface area contributed by atoms with Gasteiger partial charge in [-0.2, -0.15) is 10.2 Å². The Bertz CT molecular complexity index is 1130. The fourth-order valence-electron chi connectivity index (χ4n) is 2.61. The Kier molecular flexibility index (Phi) is 6.02. The van der Waals surface area contributed by atoms with Gasteiger partial charge < -0.3 is 19.1 Å². The average Bonchev–Trinajstić information content (AvgIpc) is 2.75. The first-order valence-corrected chi connectivity index (χ1v) is 8.91. The summed E-state index contributed by atoms with van der Waals surface area (Å²) in [7, 11) is 5.11. The van der Waals surface area contributed by atoms with Gasteiger partial charge in [0, 0.05) is 37.5 Å². The Morgan fingerprint density at radius 3 is 2.30 bits per heavy atom. The lowest BCUT2D eigenvalue weighted by atomic mass is 10.2. The van der Waals surface area contributed by atoms with Crippen molar-refractivity contribution in [3.8, 4) is 35.1 Å². The summed E-state index contributed by atoms with van der Waals surface area (Å²) < 4.78 is 45.6. The summed E-state index contributed by atoms with van der Waals surface area (Å²) in [6, 6.07) is 13.3. The molecule has 30 heavy (non-hydrogen) atoms. The second-order valence-electron chi connectivity index (χ2n) is 6.55. The summed E-state index contributed by atoms with van der Waals surface area (Å²) in [6.07, 6.45) is 0. The van der Waals surface area contributed by atoms with Gasteiger partial charge in [0.2, 0.25) is 0 Å². The third-order valence-corrected chi connectivity index (χ3v) is 4.28. The molecule has 0 saturated carbocycles. The van der Waals surface area contributed by atoms with Crippen LogP contribution in [0.5, 0.6) is 29.0 Å². The van der Waals surface area contributed by atoms with Crippen LogP contribution in [0.3, 0.4) is 0 Å². The third-order valence-electron chi connectivity index (χ3n) is 4.28. The largest absolute Gasteiger partial charge is 0.493 e. The number of hydrogen-bond acceptors (Lipinski definition) is 6. The van der Waals surface area contributed by atoms with E-state index in [0.717, 1.165) is 5.69 Å². The fraction of sp³-hybridized carbons (Fsp3) is 0.182. The van der Waals surface area contributed by atoms with Gasteiger partial charge in [-0.05, 0) is 31.2 Å². The minimum absolute atomic E-state index is 0.0644. The molecule has 0 radical (unpaired) electrons. The highest BCUT2D eigenvalue weighted by Gasteiger charge is 2.22. The summed E-state index contributed by atoms with van der Waals surface area (Å²) >= 11 is 0. The molecule has 8 heteroatoms. The molecule has 0 bridgehead atoms. The first-order valence-electron chi connectivity index (χ1n) is 8.91. The predicted molar refractivity (Wildman–Crippen MR) is 108 cm³/mol. The zero-order chi connectivity index (χ0) is 21.8. The maximum atomic E-state index is 14.7. The first-order chi connectivity index (χ1) is 14.3. The van der Waals surface area contributed by atoms with Gasteiger partial charge in [-0.25, -0.2) is 8.78 Å². The molecule has 3 aromatic rings. The van der Waals surface area contributed by atoms with Crippen LogP contribution < -0.4 is 19.1 Å². The molecule has 0 amide bonds. The number of ether oxygens (including phenoxy) is 3. The lowest BCUT2D eigenvalue weighted by Gasteiger charge is -2.15. The zero-order valence-corrected chi connectivity index (χ0v) is 16.9. The molecule has 0 unspecified atom stereocenters. The number of halogens is 2. The van der Waals surface area contributed by atoms with Crippen LogP contribution in [0.2, 0.25) is 0 Å². The third kappa shape index (κ3) is 4.25. The van der Waals surface area contributed by atoms with E-state index in [4.69, 9.17) is 19.5 Å². The van der Waals surface area contributed by atoms with Crippen molar-refractivity contribution in [1.29, 1.82) is 5.26 Å².